The number of hydrazine groups is 1. The molecule has 0 unspecified atom stereocenters. The van der Waals surface area contributed by atoms with E-state index >= 15 is 0 Å². The number of amides is 3. The molecule has 1 spiro atoms. The van der Waals surface area contributed by atoms with Crippen molar-refractivity contribution in [2.24, 2.45) is 0 Å². The highest BCUT2D eigenvalue weighted by Crippen LogP contribution is 2.32. The van der Waals surface area contributed by atoms with Crippen LogP contribution < -0.4 is 21.0 Å². The molecular weight excluding hydrogens is 302 g/mol. The maximum Gasteiger partial charge on any atom is 0.344 e. The topological polar surface area (TPSA) is 77.9 Å². The van der Waals surface area contributed by atoms with Crippen LogP contribution in [0.3, 0.4) is 0 Å². The van der Waals surface area contributed by atoms with Crippen molar-refractivity contribution >= 4 is 29.3 Å². The van der Waals surface area contributed by atoms with Crippen molar-refractivity contribution in [3.05, 3.63) is 0 Å². The van der Waals surface area contributed by atoms with E-state index < -0.39 is 11.6 Å². The summed E-state index contributed by atoms with van der Waals surface area (Å²) < 4.78 is 0. The van der Waals surface area contributed by atoms with Crippen molar-refractivity contribution in [1.82, 2.24) is 21.1 Å². The summed E-state index contributed by atoms with van der Waals surface area (Å²) in [6, 6.07) is -0.409. The maximum absolute atomic E-state index is 12.5. The normalized spacial score (nSPS) is 20.4. The molecule has 1 heterocycles. The molecular formula is C14H26N5O2S+. The Labute approximate surface area is 136 Å². The Balaban J connectivity index is 1.83. The maximum atomic E-state index is 12.5. The zero-order valence-corrected chi connectivity index (χ0v) is 14.1. The number of carbonyl (C=O) groups excluding carboxylic acids is 2. The number of rotatable bonds is 5. The van der Waals surface area contributed by atoms with E-state index in [1.54, 1.807) is 0 Å². The van der Waals surface area contributed by atoms with Crippen LogP contribution in [0, 0.1) is 0 Å². The number of nitrogens with zero attached hydrogens (tertiary/aromatic N) is 1. The Hall–Kier alpha value is -1.41. The molecule has 8 heteroatoms. The molecule has 22 heavy (non-hydrogen) atoms. The summed E-state index contributed by atoms with van der Waals surface area (Å²) in [5, 5.41) is 7.21. The van der Waals surface area contributed by atoms with Gasteiger partial charge in [0.1, 0.15) is 5.54 Å². The number of hydrogen-bond acceptors (Lipinski definition) is 3. The van der Waals surface area contributed by atoms with E-state index in [0.717, 1.165) is 37.2 Å². The Morgan fingerprint density at radius 2 is 2.00 bits per heavy atom. The summed E-state index contributed by atoms with van der Waals surface area (Å²) in [7, 11) is 4.18. The summed E-state index contributed by atoms with van der Waals surface area (Å²) in [6.45, 7) is 1.74. The second kappa shape index (κ2) is 7.23. The number of nitrogens with one attached hydrogen (secondary N) is 4. The van der Waals surface area contributed by atoms with E-state index in [0.29, 0.717) is 24.5 Å². The van der Waals surface area contributed by atoms with Crippen molar-refractivity contribution in [3.63, 3.8) is 0 Å². The van der Waals surface area contributed by atoms with Crippen LogP contribution in [0.2, 0.25) is 0 Å². The van der Waals surface area contributed by atoms with E-state index in [9.17, 15) is 9.59 Å². The summed E-state index contributed by atoms with van der Waals surface area (Å²) >= 11 is 5.16. The van der Waals surface area contributed by atoms with Gasteiger partial charge in [-0.15, -0.1) is 0 Å². The molecule has 1 saturated carbocycles. The van der Waals surface area contributed by atoms with Crippen molar-refractivity contribution < 1.29 is 14.5 Å². The fourth-order valence-electron chi connectivity index (χ4n) is 3.00. The van der Waals surface area contributed by atoms with Gasteiger partial charge in [-0.05, 0) is 25.1 Å². The number of imide groups is 1. The third kappa shape index (κ3) is 3.86. The zero-order chi connectivity index (χ0) is 16.2. The first-order valence-corrected chi connectivity index (χ1v) is 8.36. The van der Waals surface area contributed by atoms with Gasteiger partial charge in [0.05, 0.1) is 20.6 Å². The Morgan fingerprint density at radius 3 is 2.64 bits per heavy atom. The quantitative estimate of drug-likeness (QED) is 0.301. The van der Waals surface area contributed by atoms with Gasteiger partial charge in [-0.25, -0.2) is 4.79 Å². The Morgan fingerprint density at radius 1 is 1.32 bits per heavy atom. The predicted molar refractivity (Wildman–Crippen MR) is 87.2 cm³/mol. The molecule has 4 N–H and O–H groups in total. The largest absolute Gasteiger partial charge is 0.361 e. The summed E-state index contributed by atoms with van der Waals surface area (Å²) in [5.41, 5.74) is 2.01. The van der Waals surface area contributed by atoms with E-state index in [2.05, 4.69) is 30.2 Å². The van der Waals surface area contributed by atoms with Crippen molar-refractivity contribution in [2.45, 2.75) is 44.1 Å². The molecule has 0 atom stereocenters. The van der Waals surface area contributed by atoms with Gasteiger partial charge in [-0.1, -0.05) is 19.3 Å². The first kappa shape index (κ1) is 17.0. The van der Waals surface area contributed by atoms with E-state index in [1.165, 1.54) is 4.90 Å². The van der Waals surface area contributed by atoms with E-state index in [1.807, 2.05) is 0 Å². The van der Waals surface area contributed by atoms with Crippen molar-refractivity contribution in [2.75, 3.05) is 27.2 Å². The third-order valence-electron chi connectivity index (χ3n) is 4.22. The summed E-state index contributed by atoms with van der Waals surface area (Å²) in [6.07, 6.45) is 5.44. The molecule has 0 aromatic carbocycles. The molecule has 0 aromatic rings. The molecule has 2 aliphatic rings. The van der Waals surface area contributed by atoms with E-state index in [-0.39, 0.29) is 5.91 Å². The molecule has 7 nitrogen and oxygen atoms in total. The van der Waals surface area contributed by atoms with Crippen molar-refractivity contribution in [3.8, 4) is 0 Å². The van der Waals surface area contributed by atoms with Crippen LogP contribution in [0.25, 0.3) is 0 Å². The van der Waals surface area contributed by atoms with Crippen LogP contribution in [-0.2, 0) is 4.79 Å². The lowest BCUT2D eigenvalue weighted by molar-refractivity contribution is -0.858. The van der Waals surface area contributed by atoms with Gasteiger partial charge in [0, 0.05) is 13.0 Å². The van der Waals surface area contributed by atoms with E-state index in [4.69, 9.17) is 12.2 Å². The first-order chi connectivity index (χ1) is 10.4. The van der Waals surface area contributed by atoms with Crippen LogP contribution >= 0.6 is 12.2 Å². The molecule has 3 amide bonds. The molecule has 0 radical (unpaired) electrons. The molecule has 2 fully saturated rings. The molecule has 0 bridgehead atoms. The van der Waals surface area contributed by atoms with Gasteiger partial charge in [0.25, 0.3) is 5.91 Å². The third-order valence-corrected chi connectivity index (χ3v) is 4.46. The Kier molecular flexibility index (Phi) is 5.57. The minimum atomic E-state index is -0.716. The van der Waals surface area contributed by atoms with Crippen LogP contribution in [0.1, 0.15) is 38.5 Å². The average molecular weight is 328 g/mol. The molecule has 1 aliphatic carbocycles. The number of thiocarbonyl (C=S) groups is 1. The number of urea groups is 1. The van der Waals surface area contributed by atoms with Gasteiger partial charge in [0.15, 0.2) is 5.11 Å². The summed E-state index contributed by atoms with van der Waals surface area (Å²) in [4.78, 5) is 26.0. The predicted octanol–water partition coefficient (Wildman–Crippen LogP) is -0.845. The van der Waals surface area contributed by atoms with Crippen molar-refractivity contribution in [1.29, 1.82) is 0 Å². The number of carbonyl (C=O) groups is 2. The SMILES string of the molecule is C[NH+](C)CCCNC(=S)NN1C(=O)NC2(CCCCC2)C1=O. The highest BCUT2D eigenvalue weighted by Gasteiger charge is 2.51. The monoisotopic (exact) mass is 328 g/mol. The van der Waals surface area contributed by atoms with Crippen LogP contribution in [-0.4, -0.2) is 54.8 Å². The highest BCUT2D eigenvalue weighted by molar-refractivity contribution is 7.80. The summed E-state index contributed by atoms with van der Waals surface area (Å²) in [5.74, 6) is -0.209. The van der Waals surface area contributed by atoms with Gasteiger partial charge in [-0.3, -0.25) is 10.2 Å². The fraction of sp³-hybridized carbons (Fsp3) is 0.786. The first-order valence-electron chi connectivity index (χ1n) is 7.95. The minimum Gasteiger partial charge on any atom is -0.361 e. The highest BCUT2D eigenvalue weighted by atomic mass is 32.1. The van der Waals surface area contributed by atoms with Gasteiger partial charge in [-0.2, -0.15) is 5.01 Å². The van der Waals surface area contributed by atoms with Crippen LogP contribution in [0.4, 0.5) is 4.79 Å². The fourth-order valence-corrected chi connectivity index (χ4v) is 3.19. The molecule has 1 aliphatic heterocycles. The molecule has 0 aromatic heterocycles. The Bertz CT molecular complexity index is 449. The standard InChI is InChI=1S/C14H25N5O2S/c1-18(2)10-6-9-15-12(22)17-19-11(20)14(16-13(19)21)7-4-3-5-8-14/h3-10H2,1-2H3,(H,16,21)(H2,15,17,22)/p+1. The second-order valence-corrected chi connectivity index (χ2v) is 6.80. The van der Waals surface area contributed by atoms with Crippen LogP contribution in [0.15, 0.2) is 0 Å². The average Bonchev–Trinajstić information content (AvgIpc) is 2.69. The van der Waals surface area contributed by atoms with Crippen LogP contribution in [0.5, 0.6) is 0 Å². The lowest BCUT2D eigenvalue weighted by atomic mass is 9.82. The molecule has 124 valence electrons. The smallest absolute Gasteiger partial charge is 0.344 e. The molecule has 2 rings (SSSR count). The number of quaternary nitrogens is 1. The van der Waals surface area contributed by atoms with Gasteiger partial charge >= 0.3 is 6.03 Å². The van der Waals surface area contributed by atoms with Gasteiger partial charge in [0.2, 0.25) is 0 Å². The molecule has 1 saturated heterocycles. The lowest BCUT2D eigenvalue weighted by Crippen LogP contribution is -3.05. The number of hydrogen-bond donors (Lipinski definition) is 4. The lowest BCUT2D eigenvalue weighted by Gasteiger charge is -2.30. The second-order valence-electron chi connectivity index (χ2n) is 6.39. The van der Waals surface area contributed by atoms with Gasteiger partial charge < -0.3 is 15.5 Å². The minimum absolute atomic E-state index is 0.209. The zero-order valence-electron chi connectivity index (χ0n) is 13.3.